The van der Waals surface area contributed by atoms with Crippen molar-refractivity contribution in [3.8, 4) is 0 Å². The van der Waals surface area contributed by atoms with Crippen LogP contribution in [-0.2, 0) is 19.1 Å². The lowest BCUT2D eigenvalue weighted by molar-refractivity contribution is -0.153. The fourth-order valence-electron chi connectivity index (χ4n) is 2.02. The first-order valence-electron chi connectivity index (χ1n) is 5.86. The second-order valence-electron chi connectivity index (χ2n) is 4.71. The van der Waals surface area contributed by atoms with E-state index in [4.69, 9.17) is 11.6 Å². The van der Waals surface area contributed by atoms with E-state index in [9.17, 15) is 14.4 Å². The van der Waals surface area contributed by atoms with Gasteiger partial charge in [0.15, 0.2) is 17.5 Å². The molecule has 106 valence electrons. The SMILES string of the molecule is COC(=O)C(C(C)=O)C(=O)C1CC1/C(N)=C/N(C)N. The summed E-state index contributed by atoms with van der Waals surface area (Å²) in [5, 5.41) is 1.29. The summed E-state index contributed by atoms with van der Waals surface area (Å²) in [4.78, 5) is 34.9. The second kappa shape index (κ2) is 5.83. The normalized spacial score (nSPS) is 23.5. The van der Waals surface area contributed by atoms with Crippen LogP contribution >= 0.6 is 0 Å². The molecule has 0 heterocycles. The maximum absolute atomic E-state index is 12.1. The Bertz CT molecular complexity index is 431. The molecule has 0 aromatic rings. The molecule has 1 aliphatic rings. The van der Waals surface area contributed by atoms with Crippen LogP contribution in [0.15, 0.2) is 11.9 Å². The van der Waals surface area contributed by atoms with Crippen molar-refractivity contribution in [2.24, 2.45) is 29.3 Å². The van der Waals surface area contributed by atoms with Crippen molar-refractivity contribution < 1.29 is 19.1 Å². The Morgan fingerprint density at radius 3 is 2.37 bits per heavy atom. The molecule has 1 aliphatic carbocycles. The highest BCUT2D eigenvalue weighted by molar-refractivity contribution is 6.17. The van der Waals surface area contributed by atoms with Crippen LogP contribution in [0.2, 0.25) is 0 Å². The average Bonchev–Trinajstić information content (AvgIpc) is 3.07. The van der Waals surface area contributed by atoms with Gasteiger partial charge in [-0.15, -0.1) is 0 Å². The zero-order valence-corrected chi connectivity index (χ0v) is 11.3. The number of nitrogens with two attached hydrogens (primary N) is 2. The van der Waals surface area contributed by atoms with Crippen LogP contribution in [0.4, 0.5) is 0 Å². The molecule has 19 heavy (non-hydrogen) atoms. The van der Waals surface area contributed by atoms with E-state index in [-0.39, 0.29) is 5.92 Å². The van der Waals surface area contributed by atoms with Gasteiger partial charge >= 0.3 is 5.97 Å². The molecule has 0 aromatic carbocycles. The molecule has 0 bridgehead atoms. The van der Waals surface area contributed by atoms with Crippen molar-refractivity contribution in [1.82, 2.24) is 5.01 Å². The van der Waals surface area contributed by atoms with Crippen LogP contribution in [0, 0.1) is 17.8 Å². The summed E-state index contributed by atoms with van der Waals surface area (Å²) in [5.74, 6) is 1.74. The number of hydrogen-bond donors (Lipinski definition) is 2. The first kappa shape index (κ1) is 15.2. The number of ketones is 2. The third-order valence-corrected chi connectivity index (χ3v) is 3.06. The summed E-state index contributed by atoms with van der Waals surface area (Å²) in [5.41, 5.74) is 6.25. The molecule has 3 unspecified atom stereocenters. The van der Waals surface area contributed by atoms with E-state index < -0.39 is 29.4 Å². The zero-order chi connectivity index (χ0) is 14.7. The number of rotatable bonds is 6. The topological polar surface area (TPSA) is 116 Å². The van der Waals surface area contributed by atoms with Crippen LogP contribution in [0.25, 0.3) is 0 Å². The Morgan fingerprint density at radius 2 is 1.95 bits per heavy atom. The van der Waals surface area contributed by atoms with Gasteiger partial charge in [0.1, 0.15) is 0 Å². The molecule has 0 spiro atoms. The van der Waals surface area contributed by atoms with Gasteiger partial charge < -0.3 is 15.5 Å². The monoisotopic (exact) mass is 269 g/mol. The molecule has 3 atom stereocenters. The van der Waals surface area contributed by atoms with Gasteiger partial charge in [-0.3, -0.25) is 14.4 Å². The third-order valence-electron chi connectivity index (χ3n) is 3.06. The number of carbonyl (C=O) groups is 3. The molecule has 1 rings (SSSR count). The van der Waals surface area contributed by atoms with Gasteiger partial charge in [0.05, 0.1) is 7.11 Å². The maximum atomic E-state index is 12.1. The predicted molar refractivity (Wildman–Crippen MR) is 67.0 cm³/mol. The van der Waals surface area contributed by atoms with E-state index in [2.05, 4.69) is 4.74 Å². The molecular formula is C12H19N3O4. The number of nitrogens with zero attached hydrogens (tertiary/aromatic N) is 1. The van der Waals surface area contributed by atoms with Crippen molar-refractivity contribution in [3.63, 3.8) is 0 Å². The van der Waals surface area contributed by atoms with E-state index in [1.807, 2.05) is 0 Å². The van der Waals surface area contributed by atoms with Crippen molar-refractivity contribution in [3.05, 3.63) is 11.9 Å². The smallest absolute Gasteiger partial charge is 0.323 e. The lowest BCUT2D eigenvalue weighted by Gasteiger charge is -2.11. The molecule has 0 amide bonds. The number of hydrogen-bond acceptors (Lipinski definition) is 7. The lowest BCUT2D eigenvalue weighted by Crippen LogP contribution is -2.33. The first-order chi connectivity index (χ1) is 8.79. The molecule has 0 radical (unpaired) electrons. The Balaban J connectivity index is 2.75. The summed E-state index contributed by atoms with van der Waals surface area (Å²) < 4.78 is 4.48. The number of esters is 1. The van der Waals surface area contributed by atoms with E-state index >= 15 is 0 Å². The Kier molecular flexibility index (Phi) is 4.66. The molecule has 0 aromatic heterocycles. The van der Waals surface area contributed by atoms with E-state index in [0.717, 1.165) is 7.11 Å². The highest BCUT2D eigenvalue weighted by Gasteiger charge is 2.49. The van der Waals surface area contributed by atoms with E-state index in [1.54, 1.807) is 7.05 Å². The molecule has 1 saturated carbocycles. The van der Waals surface area contributed by atoms with Crippen LogP contribution in [0.5, 0.6) is 0 Å². The van der Waals surface area contributed by atoms with Gasteiger partial charge in [0.2, 0.25) is 0 Å². The highest BCUT2D eigenvalue weighted by Crippen LogP contribution is 2.44. The Labute approximate surface area is 111 Å². The summed E-state index contributed by atoms with van der Waals surface area (Å²) >= 11 is 0. The van der Waals surface area contributed by atoms with Gasteiger partial charge in [0.25, 0.3) is 0 Å². The molecule has 0 aliphatic heterocycles. The standard InChI is InChI=1S/C12H19N3O4/c1-6(16)10(12(18)19-3)11(17)8-4-7(8)9(13)5-15(2)14/h5,7-8,10H,4,13-14H2,1-3H3/b9-5-. The van der Waals surface area contributed by atoms with E-state index in [0.29, 0.717) is 12.1 Å². The lowest BCUT2D eigenvalue weighted by atomic mass is 9.95. The minimum atomic E-state index is -1.34. The zero-order valence-electron chi connectivity index (χ0n) is 11.3. The van der Waals surface area contributed by atoms with E-state index in [1.165, 1.54) is 18.1 Å². The molecule has 4 N–H and O–H groups in total. The third kappa shape index (κ3) is 3.54. The van der Waals surface area contributed by atoms with Gasteiger partial charge in [-0.2, -0.15) is 0 Å². The number of ether oxygens (including phenoxy) is 1. The molecule has 1 fully saturated rings. The van der Waals surface area contributed by atoms with Crippen molar-refractivity contribution in [2.45, 2.75) is 13.3 Å². The van der Waals surface area contributed by atoms with Crippen molar-refractivity contribution in [2.75, 3.05) is 14.2 Å². The Morgan fingerprint density at radius 1 is 1.37 bits per heavy atom. The molecule has 7 nitrogen and oxygen atoms in total. The second-order valence-corrected chi connectivity index (χ2v) is 4.71. The molecule has 7 heteroatoms. The van der Waals surface area contributed by atoms with Crippen LogP contribution < -0.4 is 11.6 Å². The summed E-state index contributed by atoms with van der Waals surface area (Å²) in [6, 6.07) is 0. The number of Topliss-reactive ketones (excluding diaryl/α,β-unsaturated/α-hetero) is 2. The molecule has 0 saturated heterocycles. The fraction of sp³-hybridized carbons (Fsp3) is 0.583. The molecular weight excluding hydrogens is 250 g/mol. The van der Waals surface area contributed by atoms with Gasteiger partial charge in [-0.25, -0.2) is 5.84 Å². The van der Waals surface area contributed by atoms with Crippen LogP contribution in [0.1, 0.15) is 13.3 Å². The highest BCUT2D eigenvalue weighted by atomic mass is 16.5. The maximum Gasteiger partial charge on any atom is 0.323 e. The quantitative estimate of drug-likeness (QED) is 0.280. The minimum Gasteiger partial charge on any atom is -0.468 e. The largest absolute Gasteiger partial charge is 0.468 e. The number of allylic oxidation sites excluding steroid dienone is 1. The Hall–Kier alpha value is -1.89. The predicted octanol–water partition coefficient (Wildman–Crippen LogP) is -0.825. The number of hydrazine groups is 1. The summed E-state index contributed by atoms with van der Waals surface area (Å²) in [7, 11) is 2.76. The van der Waals surface area contributed by atoms with Crippen molar-refractivity contribution in [1.29, 1.82) is 0 Å². The van der Waals surface area contributed by atoms with Crippen molar-refractivity contribution >= 4 is 17.5 Å². The number of carbonyl (C=O) groups excluding carboxylic acids is 3. The first-order valence-corrected chi connectivity index (χ1v) is 5.86. The van der Waals surface area contributed by atoms with Gasteiger partial charge in [-0.1, -0.05) is 0 Å². The van der Waals surface area contributed by atoms with Gasteiger partial charge in [0, 0.05) is 30.8 Å². The number of methoxy groups -OCH3 is 1. The van der Waals surface area contributed by atoms with Crippen LogP contribution in [0.3, 0.4) is 0 Å². The fourth-order valence-corrected chi connectivity index (χ4v) is 2.02. The summed E-state index contributed by atoms with van der Waals surface area (Å²) in [6.07, 6.45) is 2.04. The summed E-state index contributed by atoms with van der Waals surface area (Å²) in [6.45, 7) is 1.20. The van der Waals surface area contributed by atoms with Gasteiger partial charge in [-0.05, 0) is 13.3 Å². The van der Waals surface area contributed by atoms with Crippen LogP contribution in [-0.4, -0.2) is 36.7 Å². The average molecular weight is 269 g/mol. The minimum absolute atomic E-state index is 0.162.